The normalized spacial score (nSPS) is 15.5. The number of carboxylic acid groups (broad SMARTS) is 2. The molecule has 0 aliphatic carbocycles. The van der Waals surface area contributed by atoms with Gasteiger partial charge in [0.2, 0.25) is 0 Å². The minimum Gasteiger partial charge on any atom is -0.480 e. The van der Waals surface area contributed by atoms with E-state index in [0.717, 1.165) is 0 Å². The lowest BCUT2D eigenvalue weighted by Gasteiger charge is -2.13. The van der Waals surface area contributed by atoms with Crippen molar-refractivity contribution in [2.75, 3.05) is 7.05 Å². The van der Waals surface area contributed by atoms with Gasteiger partial charge >= 0.3 is 11.9 Å². The molecule has 0 amide bonds. The van der Waals surface area contributed by atoms with Crippen LogP contribution < -0.4 is 5.32 Å². The standard InChI is InChI=1S/C5H9NO5/c1-6-2(4(8)9)3(7)5(10)11/h2-3,6-7H,1H3,(H,8,9)(H,10,11)/t2-,3+/m1/s1. The van der Waals surface area contributed by atoms with Crippen LogP contribution in [0.5, 0.6) is 0 Å². The molecule has 0 rings (SSSR count). The molecule has 0 aromatic heterocycles. The number of nitrogens with one attached hydrogen (secondary N) is 1. The van der Waals surface area contributed by atoms with E-state index < -0.39 is 24.1 Å². The summed E-state index contributed by atoms with van der Waals surface area (Å²) >= 11 is 0. The van der Waals surface area contributed by atoms with Gasteiger partial charge in [-0.2, -0.15) is 0 Å². The van der Waals surface area contributed by atoms with E-state index in [9.17, 15) is 9.59 Å². The first-order valence-corrected chi connectivity index (χ1v) is 2.81. The second-order valence-electron chi connectivity index (χ2n) is 1.89. The Morgan fingerprint density at radius 2 is 1.73 bits per heavy atom. The van der Waals surface area contributed by atoms with Crippen molar-refractivity contribution in [1.29, 1.82) is 0 Å². The van der Waals surface area contributed by atoms with E-state index in [0.29, 0.717) is 0 Å². The Balaban J connectivity index is 4.25. The van der Waals surface area contributed by atoms with Crippen LogP contribution >= 0.6 is 0 Å². The molecule has 0 aromatic rings. The summed E-state index contributed by atoms with van der Waals surface area (Å²) in [4.78, 5) is 20.2. The van der Waals surface area contributed by atoms with Crippen LogP contribution in [0, 0.1) is 0 Å². The lowest BCUT2D eigenvalue weighted by molar-refractivity contribution is -0.155. The first-order chi connectivity index (χ1) is 5.00. The molecule has 2 atom stereocenters. The van der Waals surface area contributed by atoms with Crippen LogP contribution in [0.1, 0.15) is 0 Å². The lowest BCUT2D eigenvalue weighted by Crippen LogP contribution is -2.48. The monoisotopic (exact) mass is 163 g/mol. The molecule has 0 saturated heterocycles. The molecule has 0 unspecified atom stereocenters. The fourth-order valence-corrected chi connectivity index (χ4v) is 0.559. The molecular formula is C5H9NO5. The average molecular weight is 163 g/mol. The van der Waals surface area contributed by atoms with Crippen LogP contribution in [0.25, 0.3) is 0 Å². The first-order valence-electron chi connectivity index (χ1n) is 2.81. The van der Waals surface area contributed by atoms with Crippen LogP contribution in [0.15, 0.2) is 0 Å². The first kappa shape index (κ1) is 9.86. The molecule has 0 fully saturated rings. The number of aliphatic carboxylic acids is 2. The third-order valence-corrected chi connectivity index (χ3v) is 1.15. The van der Waals surface area contributed by atoms with Crippen molar-refractivity contribution in [3.05, 3.63) is 0 Å². The SMILES string of the molecule is CN[C@@H](C(=O)O)[C@H](O)C(=O)O. The summed E-state index contributed by atoms with van der Waals surface area (Å²) in [6, 6.07) is -1.47. The number of likely N-dealkylation sites (N-methyl/N-ethyl adjacent to an activating group) is 1. The lowest BCUT2D eigenvalue weighted by atomic mass is 10.2. The second kappa shape index (κ2) is 3.89. The molecule has 64 valence electrons. The number of carbonyl (C=O) groups is 2. The molecule has 0 radical (unpaired) electrons. The Hall–Kier alpha value is -1.14. The van der Waals surface area contributed by atoms with Crippen molar-refractivity contribution in [2.45, 2.75) is 12.1 Å². The molecule has 0 aliphatic heterocycles. The number of carboxylic acids is 2. The summed E-state index contributed by atoms with van der Waals surface area (Å²) < 4.78 is 0. The number of hydrogen-bond acceptors (Lipinski definition) is 4. The molecule has 0 spiro atoms. The van der Waals surface area contributed by atoms with Crippen LogP contribution in [0.3, 0.4) is 0 Å². The van der Waals surface area contributed by atoms with E-state index in [1.54, 1.807) is 0 Å². The predicted octanol–water partition coefficient (Wildman–Crippen LogP) is -1.90. The molecule has 0 aliphatic rings. The van der Waals surface area contributed by atoms with E-state index >= 15 is 0 Å². The van der Waals surface area contributed by atoms with Gasteiger partial charge < -0.3 is 20.6 Å². The summed E-state index contributed by atoms with van der Waals surface area (Å²) in [6.07, 6.45) is -1.92. The molecule has 6 nitrogen and oxygen atoms in total. The summed E-state index contributed by atoms with van der Waals surface area (Å²) in [5, 5.41) is 27.4. The fraction of sp³-hybridized carbons (Fsp3) is 0.600. The highest BCUT2D eigenvalue weighted by Gasteiger charge is 2.30. The molecule has 4 N–H and O–H groups in total. The smallest absolute Gasteiger partial charge is 0.334 e. The highest BCUT2D eigenvalue weighted by Crippen LogP contribution is 1.92. The highest BCUT2D eigenvalue weighted by atomic mass is 16.4. The Morgan fingerprint density at radius 3 is 1.82 bits per heavy atom. The molecule has 0 aromatic carbocycles. The summed E-state index contributed by atoms with van der Waals surface area (Å²) in [7, 11) is 1.25. The zero-order chi connectivity index (χ0) is 9.02. The molecule has 0 heterocycles. The number of aliphatic hydroxyl groups excluding tert-OH is 1. The van der Waals surface area contributed by atoms with E-state index in [-0.39, 0.29) is 0 Å². The van der Waals surface area contributed by atoms with E-state index in [2.05, 4.69) is 5.32 Å². The summed E-state index contributed by atoms with van der Waals surface area (Å²) in [5.74, 6) is -2.96. The fourth-order valence-electron chi connectivity index (χ4n) is 0.559. The zero-order valence-corrected chi connectivity index (χ0v) is 5.81. The summed E-state index contributed by atoms with van der Waals surface area (Å²) in [6.45, 7) is 0. The Kier molecular flexibility index (Phi) is 3.49. The highest BCUT2D eigenvalue weighted by molar-refractivity contribution is 5.84. The van der Waals surface area contributed by atoms with Crippen LogP contribution in [0.2, 0.25) is 0 Å². The largest absolute Gasteiger partial charge is 0.480 e. The molecule has 0 bridgehead atoms. The Morgan fingerprint density at radius 1 is 1.27 bits per heavy atom. The van der Waals surface area contributed by atoms with Gasteiger partial charge in [0.05, 0.1) is 0 Å². The van der Waals surface area contributed by atoms with Gasteiger partial charge in [0.25, 0.3) is 0 Å². The second-order valence-corrected chi connectivity index (χ2v) is 1.89. The van der Waals surface area contributed by atoms with Crippen molar-refractivity contribution in [1.82, 2.24) is 5.32 Å². The van der Waals surface area contributed by atoms with Crippen molar-refractivity contribution < 1.29 is 24.9 Å². The van der Waals surface area contributed by atoms with E-state index in [4.69, 9.17) is 15.3 Å². The minimum absolute atomic E-state index is 1.25. The topological polar surface area (TPSA) is 107 Å². The van der Waals surface area contributed by atoms with Crippen LogP contribution in [0.4, 0.5) is 0 Å². The molecular weight excluding hydrogens is 154 g/mol. The molecule has 6 heteroatoms. The van der Waals surface area contributed by atoms with Gasteiger partial charge in [-0.25, -0.2) is 4.79 Å². The molecule has 11 heavy (non-hydrogen) atoms. The Bertz CT molecular complexity index is 168. The number of rotatable bonds is 4. The third kappa shape index (κ3) is 2.52. The van der Waals surface area contributed by atoms with Crippen molar-refractivity contribution >= 4 is 11.9 Å². The van der Waals surface area contributed by atoms with Gasteiger partial charge in [-0.05, 0) is 7.05 Å². The van der Waals surface area contributed by atoms with Crippen LogP contribution in [-0.2, 0) is 9.59 Å². The quantitative estimate of drug-likeness (QED) is 0.386. The van der Waals surface area contributed by atoms with Gasteiger partial charge in [-0.15, -0.1) is 0 Å². The van der Waals surface area contributed by atoms with Gasteiger partial charge in [-0.3, -0.25) is 4.79 Å². The maximum absolute atomic E-state index is 10.2. The maximum Gasteiger partial charge on any atom is 0.334 e. The van der Waals surface area contributed by atoms with E-state index in [1.807, 2.05) is 0 Å². The minimum atomic E-state index is -1.92. The summed E-state index contributed by atoms with van der Waals surface area (Å²) in [5.41, 5.74) is 0. The Labute approximate surface area is 62.5 Å². The van der Waals surface area contributed by atoms with E-state index in [1.165, 1.54) is 7.05 Å². The van der Waals surface area contributed by atoms with Crippen molar-refractivity contribution in [3.63, 3.8) is 0 Å². The average Bonchev–Trinajstić information content (AvgIpc) is 1.88. The third-order valence-electron chi connectivity index (χ3n) is 1.15. The van der Waals surface area contributed by atoms with Crippen LogP contribution in [-0.4, -0.2) is 46.5 Å². The predicted molar refractivity (Wildman–Crippen MR) is 34.1 cm³/mol. The number of hydrogen-bond donors (Lipinski definition) is 4. The maximum atomic E-state index is 10.2. The molecule has 0 saturated carbocycles. The van der Waals surface area contributed by atoms with Gasteiger partial charge in [0.15, 0.2) is 6.10 Å². The van der Waals surface area contributed by atoms with Crippen molar-refractivity contribution in [2.24, 2.45) is 0 Å². The zero-order valence-electron chi connectivity index (χ0n) is 5.81. The van der Waals surface area contributed by atoms with Gasteiger partial charge in [0, 0.05) is 0 Å². The number of aliphatic hydroxyl groups is 1. The van der Waals surface area contributed by atoms with Gasteiger partial charge in [0.1, 0.15) is 6.04 Å². The van der Waals surface area contributed by atoms with Crippen molar-refractivity contribution in [3.8, 4) is 0 Å². The van der Waals surface area contributed by atoms with Gasteiger partial charge in [-0.1, -0.05) is 0 Å².